The van der Waals surface area contributed by atoms with Gasteiger partial charge in [0.05, 0.1) is 11.4 Å². The highest BCUT2D eigenvalue weighted by Gasteiger charge is 2.27. The first-order chi connectivity index (χ1) is 17.4. The molecular weight excluding hydrogens is 517 g/mol. The van der Waals surface area contributed by atoms with Crippen molar-refractivity contribution in [2.24, 2.45) is 0 Å². The van der Waals surface area contributed by atoms with Gasteiger partial charge in [0.15, 0.2) is 0 Å². The van der Waals surface area contributed by atoms with Crippen molar-refractivity contribution < 1.29 is 14.3 Å². The van der Waals surface area contributed by atoms with Gasteiger partial charge in [0, 0.05) is 26.7 Å². The Bertz CT molecular complexity index is 1550. The SMILES string of the molecule is Cc1nn(-c2ccccc2)c2sc(C(=O)OC(C(=O)Nc3cc(Cl)cc(Cl)c3)c3ccccc3)cc12. The predicted molar refractivity (Wildman–Crippen MR) is 143 cm³/mol. The number of aromatic nitrogens is 2. The minimum absolute atomic E-state index is 0.370. The normalized spacial score (nSPS) is 11.9. The highest BCUT2D eigenvalue weighted by Crippen LogP contribution is 2.32. The third kappa shape index (κ3) is 4.99. The van der Waals surface area contributed by atoms with Gasteiger partial charge in [-0.25, -0.2) is 9.48 Å². The molecule has 5 aromatic rings. The molecule has 0 spiro atoms. The van der Waals surface area contributed by atoms with Crippen LogP contribution in [0.4, 0.5) is 5.69 Å². The molecule has 36 heavy (non-hydrogen) atoms. The number of aryl methyl sites for hydroxylation is 1. The van der Waals surface area contributed by atoms with Crippen molar-refractivity contribution in [1.29, 1.82) is 0 Å². The van der Waals surface area contributed by atoms with Crippen molar-refractivity contribution in [3.8, 4) is 5.69 Å². The summed E-state index contributed by atoms with van der Waals surface area (Å²) in [6.07, 6.45) is -1.19. The van der Waals surface area contributed by atoms with Crippen molar-refractivity contribution in [3.63, 3.8) is 0 Å². The minimum Gasteiger partial charge on any atom is -0.443 e. The highest BCUT2D eigenvalue weighted by atomic mass is 35.5. The van der Waals surface area contributed by atoms with E-state index >= 15 is 0 Å². The first-order valence-corrected chi connectivity index (χ1v) is 12.5. The lowest BCUT2D eigenvalue weighted by molar-refractivity contribution is -0.125. The van der Waals surface area contributed by atoms with Crippen molar-refractivity contribution >= 4 is 62.3 Å². The zero-order chi connectivity index (χ0) is 25.2. The topological polar surface area (TPSA) is 73.2 Å². The predicted octanol–water partition coefficient (Wildman–Crippen LogP) is 7.24. The fraction of sp³-hybridized carbons (Fsp3) is 0.0741. The second kappa shape index (κ2) is 10.1. The Morgan fingerprint density at radius 3 is 2.25 bits per heavy atom. The Morgan fingerprint density at radius 1 is 0.944 bits per heavy atom. The van der Waals surface area contributed by atoms with Gasteiger partial charge in [-0.15, -0.1) is 11.3 Å². The number of rotatable bonds is 6. The monoisotopic (exact) mass is 535 g/mol. The molecule has 0 fully saturated rings. The summed E-state index contributed by atoms with van der Waals surface area (Å²) in [5.41, 5.74) is 2.61. The average Bonchev–Trinajstić information content (AvgIpc) is 3.43. The van der Waals surface area contributed by atoms with Gasteiger partial charge in [0.25, 0.3) is 5.91 Å². The number of halogens is 2. The van der Waals surface area contributed by atoms with Crippen LogP contribution in [0.3, 0.4) is 0 Å². The number of hydrogen-bond donors (Lipinski definition) is 1. The molecule has 0 radical (unpaired) electrons. The summed E-state index contributed by atoms with van der Waals surface area (Å²) in [6, 6.07) is 25.0. The maximum Gasteiger partial charge on any atom is 0.349 e. The molecule has 0 saturated heterocycles. The van der Waals surface area contributed by atoms with Crippen LogP contribution in [0.5, 0.6) is 0 Å². The van der Waals surface area contributed by atoms with Crippen LogP contribution in [-0.4, -0.2) is 21.7 Å². The van der Waals surface area contributed by atoms with Gasteiger partial charge >= 0.3 is 5.97 Å². The summed E-state index contributed by atoms with van der Waals surface area (Å²) in [7, 11) is 0. The Morgan fingerprint density at radius 2 is 1.58 bits per heavy atom. The Kier molecular flexibility index (Phi) is 6.78. The number of esters is 1. The summed E-state index contributed by atoms with van der Waals surface area (Å²) in [5, 5.41) is 8.95. The lowest BCUT2D eigenvalue weighted by Crippen LogP contribution is -2.25. The van der Waals surface area contributed by atoms with E-state index in [1.807, 2.05) is 43.3 Å². The van der Waals surface area contributed by atoms with E-state index < -0.39 is 18.0 Å². The molecule has 1 amide bonds. The molecule has 0 aliphatic rings. The number of carbonyl (C=O) groups is 2. The fourth-order valence-corrected chi connectivity index (χ4v) is 5.38. The maximum absolute atomic E-state index is 13.3. The van der Waals surface area contributed by atoms with E-state index in [4.69, 9.17) is 27.9 Å². The van der Waals surface area contributed by atoms with Crippen molar-refractivity contribution in [1.82, 2.24) is 9.78 Å². The third-order valence-corrected chi connectivity index (χ3v) is 6.97. The summed E-state index contributed by atoms with van der Waals surface area (Å²) < 4.78 is 7.57. The quantitative estimate of drug-likeness (QED) is 0.232. The summed E-state index contributed by atoms with van der Waals surface area (Å²) >= 11 is 13.4. The molecule has 0 aliphatic heterocycles. The van der Waals surface area contributed by atoms with Crippen molar-refractivity contribution in [2.75, 3.05) is 5.32 Å². The number of anilines is 1. The molecule has 180 valence electrons. The second-order valence-corrected chi connectivity index (χ2v) is 9.91. The van der Waals surface area contributed by atoms with Crippen LogP contribution in [0.25, 0.3) is 15.9 Å². The Hall–Kier alpha value is -3.65. The maximum atomic E-state index is 13.3. The van der Waals surface area contributed by atoms with E-state index in [-0.39, 0.29) is 0 Å². The van der Waals surface area contributed by atoms with Gasteiger partial charge in [0.2, 0.25) is 6.10 Å². The van der Waals surface area contributed by atoms with E-state index in [1.165, 1.54) is 11.3 Å². The summed E-state index contributed by atoms with van der Waals surface area (Å²) in [6.45, 7) is 1.89. The number of benzene rings is 3. The van der Waals surface area contributed by atoms with E-state index in [1.54, 1.807) is 53.2 Å². The largest absolute Gasteiger partial charge is 0.443 e. The van der Waals surface area contributed by atoms with E-state index in [9.17, 15) is 9.59 Å². The smallest absolute Gasteiger partial charge is 0.349 e. The molecule has 3 aromatic carbocycles. The summed E-state index contributed by atoms with van der Waals surface area (Å²) in [5.74, 6) is -1.14. The van der Waals surface area contributed by atoms with E-state index in [2.05, 4.69) is 10.4 Å². The molecule has 1 unspecified atom stereocenters. The van der Waals surface area contributed by atoms with E-state index in [0.29, 0.717) is 26.2 Å². The van der Waals surface area contributed by atoms with Gasteiger partial charge in [0.1, 0.15) is 9.71 Å². The van der Waals surface area contributed by atoms with Crippen LogP contribution in [0.15, 0.2) is 84.9 Å². The number of carbonyl (C=O) groups excluding carboxylic acids is 2. The zero-order valence-corrected chi connectivity index (χ0v) is 21.3. The van der Waals surface area contributed by atoms with Crippen LogP contribution in [-0.2, 0) is 9.53 Å². The lowest BCUT2D eigenvalue weighted by atomic mass is 10.1. The van der Waals surface area contributed by atoms with Gasteiger partial charge in [-0.3, -0.25) is 4.79 Å². The second-order valence-electron chi connectivity index (χ2n) is 8.01. The Labute approximate surface area is 221 Å². The zero-order valence-electron chi connectivity index (χ0n) is 18.9. The molecule has 1 atom stereocenters. The minimum atomic E-state index is -1.19. The molecule has 0 aliphatic carbocycles. The standard InChI is InChI=1S/C27H19Cl2N3O3S/c1-16-22-15-23(36-26(22)32(31-16)21-10-6-3-7-11-21)27(34)35-24(17-8-4-2-5-9-17)25(33)30-20-13-18(28)12-19(29)14-20/h2-15,24H,1H3,(H,30,33). The van der Waals surface area contributed by atoms with Crippen LogP contribution in [0, 0.1) is 6.92 Å². The molecule has 6 nitrogen and oxygen atoms in total. The number of para-hydroxylation sites is 1. The van der Waals surface area contributed by atoms with Gasteiger partial charge in [-0.2, -0.15) is 5.10 Å². The number of nitrogens with one attached hydrogen (secondary N) is 1. The first kappa shape index (κ1) is 24.1. The van der Waals surface area contributed by atoms with Gasteiger partial charge in [-0.1, -0.05) is 71.7 Å². The summed E-state index contributed by atoms with van der Waals surface area (Å²) in [4.78, 5) is 27.7. The number of ether oxygens (including phenoxy) is 1. The number of hydrogen-bond acceptors (Lipinski definition) is 5. The van der Waals surface area contributed by atoms with Crippen LogP contribution >= 0.6 is 34.5 Å². The molecule has 9 heteroatoms. The number of nitrogens with zero attached hydrogens (tertiary/aromatic N) is 2. The van der Waals surface area contributed by atoms with Crippen LogP contribution < -0.4 is 5.32 Å². The van der Waals surface area contributed by atoms with E-state index in [0.717, 1.165) is 21.6 Å². The van der Waals surface area contributed by atoms with Crippen molar-refractivity contribution in [3.05, 3.63) is 111 Å². The average molecular weight is 536 g/mol. The fourth-order valence-electron chi connectivity index (χ4n) is 3.79. The number of thiophene rings is 1. The van der Waals surface area contributed by atoms with Crippen LogP contribution in [0.1, 0.15) is 27.0 Å². The van der Waals surface area contributed by atoms with Gasteiger partial charge in [-0.05, 0) is 43.3 Å². The number of fused-ring (bicyclic) bond motifs is 1. The van der Waals surface area contributed by atoms with Crippen LogP contribution in [0.2, 0.25) is 10.0 Å². The third-order valence-electron chi connectivity index (χ3n) is 5.44. The first-order valence-electron chi connectivity index (χ1n) is 11.0. The molecule has 0 bridgehead atoms. The Balaban J connectivity index is 1.45. The molecule has 2 aromatic heterocycles. The van der Waals surface area contributed by atoms with Gasteiger partial charge < -0.3 is 10.1 Å². The molecular formula is C27H19Cl2N3O3S. The molecule has 5 rings (SSSR count). The highest BCUT2D eigenvalue weighted by molar-refractivity contribution is 7.20. The molecule has 0 saturated carbocycles. The van der Waals surface area contributed by atoms with Crippen molar-refractivity contribution in [2.45, 2.75) is 13.0 Å². The molecule has 1 N–H and O–H groups in total. The number of amides is 1. The lowest BCUT2D eigenvalue weighted by Gasteiger charge is -2.18. The molecule has 2 heterocycles.